The van der Waals surface area contributed by atoms with Crippen LogP contribution >= 0.6 is 0 Å². The van der Waals surface area contributed by atoms with E-state index in [1.165, 1.54) is 0 Å². The molecule has 0 aliphatic rings. The van der Waals surface area contributed by atoms with Gasteiger partial charge in [-0.3, -0.25) is 0 Å². The number of aryl methyl sites for hydroxylation is 1. The van der Waals surface area contributed by atoms with E-state index in [-0.39, 0.29) is 0 Å². The second-order valence-electron chi connectivity index (χ2n) is 1.91. The first-order chi connectivity index (χ1) is 4.33. The second-order valence-corrected chi connectivity index (χ2v) is 1.91. The molecule has 0 amide bonds. The van der Waals surface area contributed by atoms with E-state index in [1.54, 1.807) is 11.8 Å². The van der Waals surface area contributed by atoms with E-state index in [2.05, 4.69) is 5.10 Å². The summed E-state index contributed by atoms with van der Waals surface area (Å²) in [5, 5.41) is 4.09. The van der Waals surface area contributed by atoms with Crippen molar-refractivity contribution in [1.82, 2.24) is 9.78 Å². The lowest BCUT2D eigenvalue weighted by atomic mass is 10.5. The zero-order chi connectivity index (χ0) is 6.69. The van der Waals surface area contributed by atoms with Gasteiger partial charge in [0.1, 0.15) is 6.73 Å². The summed E-state index contributed by atoms with van der Waals surface area (Å²) < 4.78 is 6.59. The lowest BCUT2D eigenvalue weighted by Crippen LogP contribution is -1.99. The smallest absolute Gasteiger partial charge is 0.138 e. The van der Waals surface area contributed by atoms with Gasteiger partial charge in [-0.1, -0.05) is 0 Å². The average Bonchev–Trinajstić information content (AvgIpc) is 2.17. The summed E-state index contributed by atoms with van der Waals surface area (Å²) in [5.41, 5.74) is 1.02. The third-order valence-electron chi connectivity index (χ3n) is 1.04. The SMILES string of the molecule is COCn1ccc(C)n1. The van der Waals surface area contributed by atoms with Crippen molar-refractivity contribution in [3.8, 4) is 0 Å². The van der Waals surface area contributed by atoms with Crippen LogP contribution in [0.15, 0.2) is 12.3 Å². The fraction of sp³-hybridized carbons (Fsp3) is 0.500. The maximum absolute atomic E-state index is 4.84. The van der Waals surface area contributed by atoms with Crippen LogP contribution in [0.1, 0.15) is 5.69 Å². The standard InChI is InChI=1S/C6H10N2O/c1-6-3-4-8(7-6)5-9-2/h3-4H,5H2,1-2H3. The Morgan fingerprint density at radius 2 is 2.56 bits per heavy atom. The van der Waals surface area contributed by atoms with Gasteiger partial charge in [0.2, 0.25) is 0 Å². The minimum Gasteiger partial charge on any atom is -0.362 e. The topological polar surface area (TPSA) is 27.1 Å². The summed E-state index contributed by atoms with van der Waals surface area (Å²) in [6.45, 7) is 2.49. The van der Waals surface area contributed by atoms with E-state index in [0.29, 0.717) is 6.73 Å². The Bertz CT molecular complexity index is 183. The molecular weight excluding hydrogens is 116 g/mol. The molecule has 3 nitrogen and oxygen atoms in total. The van der Waals surface area contributed by atoms with Gasteiger partial charge in [0.05, 0.1) is 5.69 Å². The molecule has 0 saturated carbocycles. The molecule has 0 aliphatic carbocycles. The van der Waals surface area contributed by atoms with Gasteiger partial charge in [-0.2, -0.15) is 5.10 Å². The predicted octanol–water partition coefficient (Wildman–Crippen LogP) is 0.795. The first-order valence-corrected chi connectivity index (χ1v) is 2.82. The van der Waals surface area contributed by atoms with Crippen LogP contribution in [0.4, 0.5) is 0 Å². The van der Waals surface area contributed by atoms with Gasteiger partial charge in [-0.15, -0.1) is 0 Å². The monoisotopic (exact) mass is 126 g/mol. The second kappa shape index (κ2) is 2.64. The van der Waals surface area contributed by atoms with Crippen molar-refractivity contribution in [3.05, 3.63) is 18.0 Å². The summed E-state index contributed by atoms with van der Waals surface area (Å²) in [7, 11) is 1.65. The zero-order valence-electron chi connectivity index (χ0n) is 5.66. The Kier molecular flexibility index (Phi) is 1.85. The van der Waals surface area contributed by atoms with Crippen molar-refractivity contribution >= 4 is 0 Å². The maximum Gasteiger partial charge on any atom is 0.138 e. The summed E-state index contributed by atoms with van der Waals surface area (Å²) in [6, 6.07) is 1.94. The number of nitrogens with zero attached hydrogens (tertiary/aromatic N) is 2. The molecule has 0 bridgehead atoms. The quantitative estimate of drug-likeness (QED) is 0.586. The Balaban J connectivity index is 2.61. The normalized spacial score (nSPS) is 10.0. The molecule has 1 aromatic heterocycles. The van der Waals surface area contributed by atoms with Gasteiger partial charge in [0, 0.05) is 13.3 Å². The summed E-state index contributed by atoms with van der Waals surface area (Å²) in [5.74, 6) is 0. The molecule has 0 radical (unpaired) electrons. The fourth-order valence-electron chi connectivity index (χ4n) is 0.667. The third kappa shape index (κ3) is 1.54. The van der Waals surface area contributed by atoms with E-state index in [9.17, 15) is 0 Å². The largest absolute Gasteiger partial charge is 0.362 e. The molecular formula is C6H10N2O. The summed E-state index contributed by atoms with van der Waals surface area (Å²) >= 11 is 0. The highest BCUT2D eigenvalue weighted by Gasteiger charge is 1.89. The molecule has 1 heterocycles. The van der Waals surface area contributed by atoms with Crippen LogP contribution in [0.2, 0.25) is 0 Å². The van der Waals surface area contributed by atoms with Crippen LogP contribution in [-0.2, 0) is 11.5 Å². The first kappa shape index (κ1) is 6.29. The summed E-state index contributed by atoms with van der Waals surface area (Å²) in [6.07, 6.45) is 1.89. The van der Waals surface area contributed by atoms with E-state index in [0.717, 1.165) is 5.69 Å². The number of methoxy groups -OCH3 is 1. The van der Waals surface area contributed by atoms with Gasteiger partial charge < -0.3 is 4.74 Å². The molecule has 0 aromatic carbocycles. The van der Waals surface area contributed by atoms with Crippen LogP contribution in [0, 0.1) is 6.92 Å². The van der Waals surface area contributed by atoms with Crippen LogP contribution in [-0.4, -0.2) is 16.9 Å². The molecule has 9 heavy (non-hydrogen) atoms. The minimum absolute atomic E-state index is 0.536. The molecule has 0 atom stereocenters. The molecule has 0 unspecified atom stereocenters. The van der Waals surface area contributed by atoms with Crippen molar-refractivity contribution in [2.24, 2.45) is 0 Å². The highest BCUT2D eigenvalue weighted by atomic mass is 16.5. The zero-order valence-corrected chi connectivity index (χ0v) is 5.66. The lowest BCUT2D eigenvalue weighted by molar-refractivity contribution is 0.120. The van der Waals surface area contributed by atoms with E-state index < -0.39 is 0 Å². The molecule has 0 spiro atoms. The van der Waals surface area contributed by atoms with Crippen molar-refractivity contribution in [2.75, 3.05) is 7.11 Å². The van der Waals surface area contributed by atoms with Crippen LogP contribution in [0.25, 0.3) is 0 Å². The molecule has 0 fully saturated rings. The third-order valence-corrected chi connectivity index (χ3v) is 1.04. The average molecular weight is 126 g/mol. The Morgan fingerprint density at radius 3 is 3.00 bits per heavy atom. The Labute approximate surface area is 54.2 Å². The number of ether oxygens (including phenoxy) is 1. The minimum atomic E-state index is 0.536. The summed E-state index contributed by atoms with van der Waals surface area (Å²) in [4.78, 5) is 0. The molecule has 50 valence electrons. The number of hydrogen-bond acceptors (Lipinski definition) is 2. The first-order valence-electron chi connectivity index (χ1n) is 2.82. The molecule has 1 aromatic rings. The van der Waals surface area contributed by atoms with Gasteiger partial charge in [-0.25, -0.2) is 4.68 Å². The molecule has 0 saturated heterocycles. The van der Waals surface area contributed by atoms with Gasteiger partial charge in [0.15, 0.2) is 0 Å². The Morgan fingerprint density at radius 1 is 1.78 bits per heavy atom. The number of hydrogen-bond donors (Lipinski definition) is 0. The maximum atomic E-state index is 4.84. The van der Waals surface area contributed by atoms with E-state index in [1.807, 2.05) is 19.2 Å². The van der Waals surface area contributed by atoms with Crippen molar-refractivity contribution in [2.45, 2.75) is 13.7 Å². The number of aromatic nitrogens is 2. The van der Waals surface area contributed by atoms with Crippen LogP contribution in [0.5, 0.6) is 0 Å². The predicted molar refractivity (Wildman–Crippen MR) is 34.0 cm³/mol. The highest BCUT2D eigenvalue weighted by Crippen LogP contribution is 1.91. The van der Waals surface area contributed by atoms with Gasteiger partial charge >= 0.3 is 0 Å². The van der Waals surface area contributed by atoms with Gasteiger partial charge in [-0.05, 0) is 13.0 Å². The van der Waals surface area contributed by atoms with Crippen LogP contribution < -0.4 is 0 Å². The fourth-order valence-corrected chi connectivity index (χ4v) is 0.667. The molecule has 1 rings (SSSR count). The van der Waals surface area contributed by atoms with Crippen molar-refractivity contribution in [1.29, 1.82) is 0 Å². The molecule has 0 aliphatic heterocycles. The van der Waals surface area contributed by atoms with E-state index >= 15 is 0 Å². The van der Waals surface area contributed by atoms with E-state index in [4.69, 9.17) is 4.74 Å². The lowest BCUT2D eigenvalue weighted by Gasteiger charge is -1.95. The van der Waals surface area contributed by atoms with Crippen molar-refractivity contribution in [3.63, 3.8) is 0 Å². The van der Waals surface area contributed by atoms with Crippen LogP contribution in [0.3, 0.4) is 0 Å². The van der Waals surface area contributed by atoms with Gasteiger partial charge in [0.25, 0.3) is 0 Å². The van der Waals surface area contributed by atoms with Crippen molar-refractivity contribution < 1.29 is 4.74 Å². The molecule has 3 heteroatoms. The highest BCUT2D eigenvalue weighted by molar-refractivity contribution is 4.94. The molecule has 0 N–H and O–H groups in total. The Hall–Kier alpha value is -0.830. The number of rotatable bonds is 2.